The molecule has 0 amide bonds. The predicted octanol–water partition coefficient (Wildman–Crippen LogP) is 0.970. The first-order chi connectivity index (χ1) is 22.1. The normalized spacial score (nSPS) is 11.9. The summed E-state index contributed by atoms with van der Waals surface area (Å²) < 4.78 is 75.8. The Balaban J connectivity index is 0.00000312. The van der Waals surface area contributed by atoms with Crippen LogP contribution in [-0.2, 0) is 20.2 Å². The van der Waals surface area contributed by atoms with E-state index in [0.29, 0.717) is 11.5 Å². The molecule has 5 aromatic carbocycles. The van der Waals surface area contributed by atoms with Crippen LogP contribution in [0.1, 0.15) is 35.1 Å². The van der Waals surface area contributed by atoms with Gasteiger partial charge in [-0.1, -0.05) is 97.1 Å². The molecule has 0 unspecified atom stereocenters. The fourth-order valence-electron chi connectivity index (χ4n) is 5.12. The summed E-state index contributed by atoms with van der Waals surface area (Å²) in [6.07, 6.45) is 8.59. The molecule has 8 nitrogen and oxygen atoms in total. The second kappa shape index (κ2) is 18.5. The molecule has 5 rings (SSSR count). The number of benzene rings is 5. The number of fused-ring (bicyclic) bond motifs is 2. The van der Waals surface area contributed by atoms with Gasteiger partial charge in [0.05, 0.1) is 33.5 Å². The van der Waals surface area contributed by atoms with Gasteiger partial charge in [-0.15, -0.1) is 0 Å². The summed E-state index contributed by atoms with van der Waals surface area (Å²) in [7, 11) is -8.49. The molecule has 0 spiro atoms. The molecule has 0 atom stereocenters. The Hall–Kier alpha value is -2.48. The Morgan fingerprint density at radius 3 is 1.08 bits per heavy atom. The molecule has 0 aliphatic heterocycles. The fourth-order valence-corrected chi connectivity index (χ4v) is 6.06. The van der Waals surface area contributed by atoms with E-state index in [1.165, 1.54) is 0 Å². The monoisotopic (exact) mass is 702 g/mol. The van der Waals surface area contributed by atoms with Gasteiger partial charge in [0.25, 0.3) is 0 Å². The fraction of sp³-hybridized carbons (Fsp3) is 0.167. The van der Waals surface area contributed by atoms with Crippen molar-refractivity contribution in [1.82, 2.24) is 0 Å². The molecular weight excluding hydrogens is 671 g/mol. The zero-order chi connectivity index (χ0) is 32.6. The zero-order valence-corrected chi connectivity index (χ0v) is 32.5. The summed E-state index contributed by atoms with van der Waals surface area (Å²) in [6, 6.07) is 31.5. The minimum atomic E-state index is -4.24. The molecule has 0 N–H and O–H groups in total. The number of hydrogen-bond acceptors (Lipinski definition) is 8. The average molecular weight is 703 g/mol. The van der Waals surface area contributed by atoms with Crippen molar-refractivity contribution in [1.29, 1.82) is 0 Å². The van der Waals surface area contributed by atoms with E-state index in [1.54, 1.807) is 0 Å². The summed E-state index contributed by atoms with van der Waals surface area (Å²) in [6.45, 7) is 0.296. The third kappa shape index (κ3) is 11.8. The van der Waals surface area contributed by atoms with Gasteiger partial charge >= 0.3 is 59.1 Å². The first-order valence-corrected chi connectivity index (χ1v) is 17.8. The molecule has 0 heterocycles. The second-order valence-electron chi connectivity index (χ2n) is 10.7. The zero-order valence-electron chi connectivity index (χ0n) is 26.9. The van der Waals surface area contributed by atoms with E-state index in [1.807, 2.05) is 84.9 Å². The van der Waals surface area contributed by atoms with E-state index in [2.05, 4.69) is 36.4 Å². The summed E-state index contributed by atoms with van der Waals surface area (Å²) in [5.74, 6) is 0.306. The Morgan fingerprint density at radius 1 is 0.479 bits per heavy atom. The van der Waals surface area contributed by atoms with E-state index < -0.39 is 31.7 Å². The van der Waals surface area contributed by atoms with E-state index in [9.17, 15) is 25.9 Å². The first kappa shape index (κ1) is 40.0. The van der Waals surface area contributed by atoms with Crippen LogP contribution in [0.4, 0.5) is 0 Å². The van der Waals surface area contributed by atoms with Crippen molar-refractivity contribution in [3.8, 4) is 11.5 Å². The van der Waals surface area contributed by atoms with Gasteiger partial charge in [0.15, 0.2) is 0 Å². The molecule has 0 aliphatic carbocycles. The smallest absolute Gasteiger partial charge is 0.748 e. The molecule has 0 aromatic heterocycles. The molecule has 12 heteroatoms. The van der Waals surface area contributed by atoms with Crippen molar-refractivity contribution in [3.05, 3.63) is 119 Å². The van der Waals surface area contributed by atoms with Crippen molar-refractivity contribution in [2.24, 2.45) is 0 Å². The number of ether oxygens (including phenoxy) is 2. The van der Waals surface area contributed by atoms with E-state index in [0.717, 1.165) is 43.8 Å². The molecule has 48 heavy (non-hydrogen) atoms. The molecule has 238 valence electrons. The SMILES string of the molecule is O=S(=O)([O-])CCCOc1ccc(/C=C/c2c3ccccc3c(/C=C/c3ccc(OCCCS(=O)(=O)[O-])cc3)c3ccccc23)cc1.[Na+].[Na+]. The quantitative estimate of drug-likeness (QED) is 0.0550. The third-order valence-electron chi connectivity index (χ3n) is 7.27. The Kier molecular flexibility index (Phi) is 15.4. The standard InChI is InChI=1S/C36H34O8S2.2Na/c37-45(38,39)25-5-23-43-29-17-11-27(12-18-29)15-21-35-31-7-1-2-8-32(31)36(34-10-4-3-9-33(34)35)22-16-28-13-19-30(20-14-28)44-24-6-26-46(40,41)42;;/h1-4,7-22H,5-6,23-26H2,(H,37,38,39)(H,40,41,42);;/q;2*+1/p-2/b21-15+,22-16+;;. The Bertz CT molecular complexity index is 1890. The van der Waals surface area contributed by atoms with E-state index in [-0.39, 0.29) is 85.2 Å². The first-order valence-electron chi connectivity index (χ1n) is 14.7. The maximum Gasteiger partial charge on any atom is 1.00 e. The maximum absolute atomic E-state index is 10.8. The van der Waals surface area contributed by atoms with Crippen LogP contribution in [0.2, 0.25) is 0 Å². The van der Waals surface area contributed by atoms with Crippen molar-refractivity contribution >= 4 is 66.1 Å². The Morgan fingerprint density at radius 2 is 0.792 bits per heavy atom. The summed E-state index contributed by atoms with van der Waals surface area (Å²) in [5.41, 5.74) is 4.12. The van der Waals surface area contributed by atoms with Gasteiger partial charge < -0.3 is 18.6 Å². The van der Waals surface area contributed by atoms with Crippen molar-refractivity contribution in [2.75, 3.05) is 24.7 Å². The third-order valence-corrected chi connectivity index (χ3v) is 8.85. The van der Waals surface area contributed by atoms with Gasteiger partial charge in [-0.3, -0.25) is 0 Å². The molecule has 0 radical (unpaired) electrons. The summed E-state index contributed by atoms with van der Waals surface area (Å²) >= 11 is 0. The van der Waals surface area contributed by atoms with Crippen LogP contribution in [0.5, 0.6) is 11.5 Å². The van der Waals surface area contributed by atoms with Crippen LogP contribution in [0, 0.1) is 0 Å². The average Bonchev–Trinajstić information content (AvgIpc) is 3.03. The molecule has 0 aliphatic rings. The topological polar surface area (TPSA) is 133 Å². The maximum atomic E-state index is 10.8. The predicted molar refractivity (Wildman–Crippen MR) is 182 cm³/mol. The van der Waals surface area contributed by atoms with E-state index in [4.69, 9.17) is 9.47 Å². The summed E-state index contributed by atoms with van der Waals surface area (Å²) in [5, 5.41) is 4.42. The van der Waals surface area contributed by atoms with Gasteiger partial charge in [0.2, 0.25) is 0 Å². The van der Waals surface area contributed by atoms with Crippen molar-refractivity contribution in [3.63, 3.8) is 0 Å². The molecule has 5 aromatic rings. The molecule has 0 saturated carbocycles. The van der Waals surface area contributed by atoms with E-state index >= 15 is 0 Å². The second-order valence-corrected chi connectivity index (χ2v) is 13.7. The van der Waals surface area contributed by atoms with Crippen LogP contribution in [-0.4, -0.2) is 50.7 Å². The molecule has 0 fully saturated rings. The van der Waals surface area contributed by atoms with Crippen LogP contribution < -0.4 is 68.6 Å². The van der Waals surface area contributed by atoms with Crippen molar-refractivity contribution in [2.45, 2.75) is 12.8 Å². The van der Waals surface area contributed by atoms with Gasteiger partial charge in [-0.05, 0) is 80.9 Å². The number of rotatable bonds is 14. The molecule has 0 bridgehead atoms. The molecule has 0 saturated heterocycles. The largest absolute Gasteiger partial charge is 1.00 e. The van der Waals surface area contributed by atoms with Gasteiger partial charge in [-0.25, -0.2) is 16.8 Å². The van der Waals surface area contributed by atoms with Gasteiger partial charge in [-0.2, -0.15) is 0 Å². The minimum absolute atomic E-state index is 0. The van der Waals surface area contributed by atoms with Gasteiger partial charge in [0.1, 0.15) is 11.5 Å². The van der Waals surface area contributed by atoms with Crippen LogP contribution in [0.15, 0.2) is 97.1 Å². The van der Waals surface area contributed by atoms with Crippen LogP contribution >= 0.6 is 0 Å². The van der Waals surface area contributed by atoms with Crippen LogP contribution in [0.25, 0.3) is 45.8 Å². The van der Waals surface area contributed by atoms with Crippen LogP contribution in [0.3, 0.4) is 0 Å². The number of hydrogen-bond donors (Lipinski definition) is 0. The molecular formula is C36H32Na2O8S2. The summed E-state index contributed by atoms with van der Waals surface area (Å²) in [4.78, 5) is 0. The van der Waals surface area contributed by atoms with Gasteiger partial charge in [0, 0.05) is 11.5 Å². The van der Waals surface area contributed by atoms with Crippen molar-refractivity contribution < 1.29 is 94.5 Å². The Labute approximate surface area is 325 Å². The minimum Gasteiger partial charge on any atom is -0.748 e.